The third-order valence-corrected chi connectivity index (χ3v) is 1.81. The number of hydrogen-bond acceptors (Lipinski definition) is 4. The Morgan fingerprint density at radius 1 is 1.36 bits per heavy atom. The van der Waals surface area contributed by atoms with E-state index < -0.39 is 11.6 Å². The second-order valence-electron chi connectivity index (χ2n) is 4.32. The molecule has 0 aliphatic heterocycles. The molecule has 0 aliphatic rings. The quantitative estimate of drug-likeness (QED) is 0.493. The zero-order valence-corrected chi connectivity index (χ0v) is 9.62. The van der Waals surface area contributed by atoms with Gasteiger partial charge in [-0.15, -0.1) is 0 Å². The van der Waals surface area contributed by atoms with Gasteiger partial charge < -0.3 is 0 Å². The third-order valence-electron chi connectivity index (χ3n) is 1.81. The fraction of sp³-hybridized carbons (Fsp3) is 0.900. The highest BCUT2D eigenvalue weighted by Crippen LogP contribution is 2.14. The summed E-state index contributed by atoms with van der Waals surface area (Å²) in [5, 5.41) is 4.40. The van der Waals surface area contributed by atoms with Gasteiger partial charge in [-0.2, -0.15) is 4.89 Å². The highest BCUT2D eigenvalue weighted by Gasteiger charge is 2.18. The average molecular weight is 204 g/mol. The molecule has 4 heteroatoms. The van der Waals surface area contributed by atoms with E-state index in [1.54, 1.807) is 0 Å². The molecule has 0 aromatic carbocycles. The molecule has 0 aromatic rings. The number of rotatable bonds is 6. The summed E-state index contributed by atoms with van der Waals surface area (Å²) in [6.45, 7) is 9.52. The lowest BCUT2D eigenvalue weighted by molar-refractivity contribution is -0.517. The van der Waals surface area contributed by atoms with E-state index in [9.17, 15) is 4.79 Å². The minimum Gasteiger partial charge on any atom is -0.269 e. The van der Waals surface area contributed by atoms with Crippen LogP contribution in [0.15, 0.2) is 0 Å². The number of hydrogen-bond donors (Lipinski definition) is 0. The maximum atomic E-state index is 11.0. The molecule has 0 amide bonds. The van der Waals surface area contributed by atoms with Gasteiger partial charge in [-0.05, 0) is 31.2 Å². The van der Waals surface area contributed by atoms with E-state index in [0.29, 0.717) is 6.42 Å². The van der Waals surface area contributed by atoms with Crippen LogP contribution in [0.5, 0.6) is 0 Å². The second-order valence-corrected chi connectivity index (χ2v) is 4.32. The molecule has 0 saturated carbocycles. The van der Waals surface area contributed by atoms with E-state index in [2.05, 4.69) is 9.93 Å². The predicted octanol–water partition coefficient (Wildman–Crippen LogP) is 2.63. The van der Waals surface area contributed by atoms with Crippen molar-refractivity contribution in [2.24, 2.45) is 5.92 Å². The van der Waals surface area contributed by atoms with Crippen molar-refractivity contribution in [3.8, 4) is 0 Å². The molecule has 0 unspecified atom stereocenters. The van der Waals surface area contributed by atoms with Crippen molar-refractivity contribution >= 4 is 5.97 Å². The molecule has 4 nitrogen and oxygen atoms in total. The predicted molar refractivity (Wildman–Crippen MR) is 52.1 cm³/mol. The molecule has 0 radical (unpaired) electrons. The first-order valence-corrected chi connectivity index (χ1v) is 4.92. The van der Waals surface area contributed by atoms with Gasteiger partial charge in [0.2, 0.25) is 0 Å². The molecule has 0 spiro atoms. The van der Waals surface area contributed by atoms with Gasteiger partial charge in [-0.3, -0.25) is 4.89 Å². The number of carbonyl (C=O) groups excluding carboxylic acids is 1. The third kappa shape index (κ3) is 6.86. The van der Waals surface area contributed by atoms with Crippen molar-refractivity contribution in [3.63, 3.8) is 0 Å². The Balaban J connectivity index is 3.59. The summed E-state index contributed by atoms with van der Waals surface area (Å²) in [5.41, 5.74) is -0.432. The van der Waals surface area contributed by atoms with E-state index in [1.165, 1.54) is 0 Å². The van der Waals surface area contributed by atoms with Gasteiger partial charge in [-0.25, -0.2) is 4.79 Å². The van der Waals surface area contributed by atoms with Crippen molar-refractivity contribution in [3.05, 3.63) is 0 Å². The van der Waals surface area contributed by atoms with Crippen molar-refractivity contribution in [2.45, 2.75) is 53.1 Å². The molecule has 0 heterocycles. The molecule has 0 aliphatic carbocycles. The second kappa shape index (κ2) is 5.98. The van der Waals surface area contributed by atoms with E-state index >= 15 is 0 Å². The molecule has 0 atom stereocenters. The first-order chi connectivity index (χ1) is 6.37. The molecule has 0 rings (SSSR count). The average Bonchev–Trinajstić information content (AvgIpc) is 2.02. The molecule has 0 fully saturated rings. The van der Waals surface area contributed by atoms with Gasteiger partial charge >= 0.3 is 5.97 Å². The molecular formula is C10H20O4. The summed E-state index contributed by atoms with van der Waals surface area (Å²) in [6, 6.07) is 0. The minimum atomic E-state index is -0.432. The van der Waals surface area contributed by atoms with Gasteiger partial charge in [0, 0.05) is 0 Å². The van der Waals surface area contributed by atoms with Crippen LogP contribution in [0.25, 0.3) is 0 Å². The van der Waals surface area contributed by atoms with Crippen molar-refractivity contribution in [1.82, 2.24) is 0 Å². The fourth-order valence-corrected chi connectivity index (χ4v) is 0.573. The van der Waals surface area contributed by atoms with Crippen LogP contribution >= 0.6 is 0 Å². The molecule has 0 aromatic heterocycles. The molecule has 84 valence electrons. The molecule has 0 N–H and O–H groups in total. The summed E-state index contributed by atoms with van der Waals surface area (Å²) in [6.07, 6.45) is 1.10. The molecule has 14 heavy (non-hydrogen) atoms. The Morgan fingerprint density at radius 3 is 2.36 bits per heavy atom. The number of carbonyl (C=O) groups is 1. The summed E-state index contributed by atoms with van der Waals surface area (Å²) < 4.78 is 0. The highest BCUT2D eigenvalue weighted by molar-refractivity contribution is 5.68. The zero-order chi connectivity index (χ0) is 11.2. The first-order valence-electron chi connectivity index (χ1n) is 4.92. The zero-order valence-electron chi connectivity index (χ0n) is 9.62. The van der Waals surface area contributed by atoms with Crippen LogP contribution in [0.1, 0.15) is 47.5 Å². The molecular weight excluding hydrogens is 184 g/mol. The lowest BCUT2D eigenvalue weighted by atomic mass is 10.1. The summed E-state index contributed by atoms with van der Waals surface area (Å²) >= 11 is 0. The smallest absolute Gasteiger partial charge is 0.269 e. The monoisotopic (exact) mass is 204 g/mol. The maximum Gasteiger partial charge on any atom is 0.345 e. The first kappa shape index (κ1) is 13.4. The van der Waals surface area contributed by atoms with Gasteiger partial charge in [0.25, 0.3) is 0 Å². The largest absolute Gasteiger partial charge is 0.345 e. The Kier molecular flexibility index (Phi) is 5.72. The lowest BCUT2D eigenvalue weighted by Gasteiger charge is -2.19. The van der Waals surface area contributed by atoms with E-state index in [1.807, 2.05) is 34.6 Å². The van der Waals surface area contributed by atoms with Gasteiger partial charge in [0.15, 0.2) is 0 Å². The highest BCUT2D eigenvalue weighted by atomic mass is 17.5. The van der Waals surface area contributed by atoms with E-state index in [-0.39, 0.29) is 5.92 Å². The van der Waals surface area contributed by atoms with Crippen molar-refractivity contribution in [2.75, 3.05) is 0 Å². The Morgan fingerprint density at radius 2 is 1.93 bits per heavy atom. The van der Waals surface area contributed by atoms with Gasteiger partial charge in [0.05, 0.1) is 6.42 Å². The normalized spacial score (nSPS) is 11.9. The summed E-state index contributed by atoms with van der Waals surface area (Å²) in [7, 11) is 0. The topological polar surface area (TPSA) is 44.8 Å². The van der Waals surface area contributed by atoms with Gasteiger partial charge in [0.1, 0.15) is 5.60 Å². The van der Waals surface area contributed by atoms with Crippen molar-refractivity contribution in [1.29, 1.82) is 0 Å². The summed E-state index contributed by atoms with van der Waals surface area (Å²) in [5.74, 6) is -0.155. The van der Waals surface area contributed by atoms with E-state index in [0.717, 1.165) is 6.42 Å². The van der Waals surface area contributed by atoms with Crippen LogP contribution in [-0.2, 0) is 19.6 Å². The van der Waals surface area contributed by atoms with Crippen molar-refractivity contribution < 1.29 is 19.6 Å². The maximum absolute atomic E-state index is 11.0. The van der Waals surface area contributed by atoms with Crippen LogP contribution in [0.2, 0.25) is 0 Å². The van der Waals surface area contributed by atoms with E-state index in [4.69, 9.17) is 4.89 Å². The van der Waals surface area contributed by atoms with Crippen LogP contribution < -0.4 is 0 Å². The SMILES string of the molecule is CCC(C)(C)OOOC(=O)CC(C)C. The fourth-order valence-electron chi connectivity index (χ4n) is 0.573. The van der Waals surface area contributed by atoms with Crippen LogP contribution in [-0.4, -0.2) is 11.6 Å². The van der Waals surface area contributed by atoms with Crippen LogP contribution in [0.4, 0.5) is 0 Å². The summed E-state index contributed by atoms with van der Waals surface area (Å²) in [4.78, 5) is 20.3. The molecule has 0 bridgehead atoms. The Labute approximate surface area is 85.4 Å². The Hall–Kier alpha value is -0.610. The Bertz CT molecular complexity index is 175. The van der Waals surface area contributed by atoms with Crippen LogP contribution in [0, 0.1) is 5.92 Å². The standard InChI is InChI=1S/C10H20O4/c1-6-10(4,5)13-14-12-9(11)7-8(2)3/h8H,6-7H2,1-5H3. The van der Waals surface area contributed by atoms with Crippen LogP contribution in [0.3, 0.4) is 0 Å². The lowest BCUT2D eigenvalue weighted by Crippen LogP contribution is -2.24. The minimum absolute atomic E-state index is 0.255. The van der Waals surface area contributed by atoms with Gasteiger partial charge in [-0.1, -0.05) is 20.8 Å². The molecule has 0 saturated heterocycles.